The minimum Gasteiger partial charge on any atom is -0.451 e. The molecule has 134 valence electrons. The number of esters is 1. The number of nitrogens with zero attached hydrogens (tertiary/aromatic N) is 2. The molecule has 0 aliphatic heterocycles. The molecule has 0 heterocycles. The smallest absolute Gasteiger partial charge is 0.405 e. The van der Waals surface area contributed by atoms with Crippen LogP contribution in [0.1, 0.15) is 5.56 Å². The predicted octanol–water partition coefficient (Wildman–Crippen LogP) is 1.88. The van der Waals surface area contributed by atoms with Gasteiger partial charge in [-0.1, -0.05) is 12.1 Å². The Kier molecular flexibility index (Phi) is 6.99. The van der Waals surface area contributed by atoms with Crippen molar-refractivity contribution in [1.29, 1.82) is 5.26 Å². The Balaban J connectivity index is 2.65. The van der Waals surface area contributed by atoms with E-state index in [1.54, 1.807) is 35.7 Å². The second kappa shape index (κ2) is 8.73. The first-order valence-corrected chi connectivity index (χ1v) is 7.02. The van der Waals surface area contributed by atoms with Crippen molar-refractivity contribution in [3.63, 3.8) is 0 Å². The van der Waals surface area contributed by atoms with Crippen LogP contribution < -0.4 is 10.2 Å². The Morgan fingerprint density at radius 3 is 2.36 bits per heavy atom. The van der Waals surface area contributed by atoms with E-state index in [1.165, 1.54) is 6.08 Å². The maximum absolute atomic E-state index is 11.9. The molecule has 1 rings (SSSR count). The van der Waals surface area contributed by atoms with E-state index in [0.717, 1.165) is 5.69 Å². The third-order valence-corrected chi connectivity index (χ3v) is 2.88. The van der Waals surface area contributed by atoms with E-state index in [0.29, 0.717) is 5.56 Å². The van der Waals surface area contributed by atoms with Crippen LogP contribution in [-0.2, 0) is 14.3 Å². The minimum absolute atomic E-state index is 0.374. The number of benzene rings is 1. The van der Waals surface area contributed by atoms with Crippen molar-refractivity contribution in [2.45, 2.75) is 6.18 Å². The average molecular weight is 355 g/mol. The summed E-state index contributed by atoms with van der Waals surface area (Å²) in [4.78, 5) is 24.8. The molecule has 0 aliphatic carbocycles. The zero-order valence-corrected chi connectivity index (χ0v) is 13.6. The first-order valence-electron chi connectivity index (χ1n) is 7.02. The van der Waals surface area contributed by atoms with Crippen LogP contribution in [0, 0.1) is 11.3 Å². The molecule has 1 aromatic carbocycles. The third kappa shape index (κ3) is 7.39. The van der Waals surface area contributed by atoms with Gasteiger partial charge in [0.2, 0.25) is 0 Å². The van der Waals surface area contributed by atoms with E-state index in [4.69, 9.17) is 5.26 Å². The Bertz CT molecular complexity index is 689. The van der Waals surface area contributed by atoms with Gasteiger partial charge in [0.05, 0.1) is 0 Å². The number of anilines is 1. The molecule has 1 aromatic rings. The first kappa shape index (κ1) is 20.0. The van der Waals surface area contributed by atoms with Crippen molar-refractivity contribution in [3.05, 3.63) is 35.4 Å². The number of alkyl halides is 3. The molecule has 1 N–H and O–H groups in total. The Morgan fingerprint density at radius 2 is 1.88 bits per heavy atom. The highest BCUT2D eigenvalue weighted by molar-refractivity contribution is 5.98. The highest BCUT2D eigenvalue weighted by Gasteiger charge is 2.27. The van der Waals surface area contributed by atoms with Gasteiger partial charge in [0.15, 0.2) is 6.61 Å². The second-order valence-corrected chi connectivity index (χ2v) is 5.12. The average Bonchev–Trinajstić information content (AvgIpc) is 2.55. The monoisotopic (exact) mass is 355 g/mol. The van der Waals surface area contributed by atoms with Gasteiger partial charge in [0.1, 0.15) is 18.2 Å². The zero-order valence-electron chi connectivity index (χ0n) is 13.6. The molecule has 0 aromatic heterocycles. The summed E-state index contributed by atoms with van der Waals surface area (Å²) in [6.45, 7) is -2.43. The number of rotatable bonds is 6. The molecular weight excluding hydrogens is 339 g/mol. The molecule has 0 aliphatic rings. The Hall–Kier alpha value is -3.02. The lowest BCUT2D eigenvalue weighted by atomic mass is 10.1. The van der Waals surface area contributed by atoms with Crippen LogP contribution >= 0.6 is 0 Å². The van der Waals surface area contributed by atoms with Crippen molar-refractivity contribution in [2.24, 2.45) is 0 Å². The van der Waals surface area contributed by atoms with E-state index < -0.39 is 31.2 Å². The van der Waals surface area contributed by atoms with Crippen LogP contribution in [-0.4, -0.2) is 45.3 Å². The molecule has 0 atom stereocenters. The van der Waals surface area contributed by atoms with Crippen LogP contribution in [0.25, 0.3) is 6.08 Å². The number of amides is 1. The van der Waals surface area contributed by atoms with Crippen LogP contribution in [0.5, 0.6) is 0 Å². The standard InChI is InChI=1S/C16H16F3N3O3/c1-22(2)13-5-3-11(4-6-13)7-12(8-20)15(24)25-9-14(23)21-10-16(17,18)19/h3-7H,9-10H2,1-2H3,(H,21,23)/b12-7+. The molecule has 0 radical (unpaired) electrons. The van der Waals surface area contributed by atoms with E-state index in [2.05, 4.69) is 4.74 Å². The number of nitrogens with one attached hydrogen (secondary N) is 1. The fourth-order valence-electron chi connectivity index (χ4n) is 1.63. The van der Waals surface area contributed by atoms with Gasteiger partial charge >= 0.3 is 12.1 Å². The summed E-state index contributed by atoms with van der Waals surface area (Å²) in [6.07, 6.45) is -3.30. The summed E-state index contributed by atoms with van der Waals surface area (Å²) in [7, 11) is 3.71. The quantitative estimate of drug-likeness (QED) is 0.479. The molecule has 0 unspecified atom stereocenters. The number of carbonyl (C=O) groups is 2. The number of hydrogen-bond acceptors (Lipinski definition) is 5. The van der Waals surface area contributed by atoms with Crippen LogP contribution in [0.15, 0.2) is 29.8 Å². The predicted molar refractivity (Wildman–Crippen MR) is 84.4 cm³/mol. The summed E-state index contributed by atoms with van der Waals surface area (Å²) in [5.41, 5.74) is 1.10. The molecule has 0 fully saturated rings. The van der Waals surface area contributed by atoms with E-state index in [-0.39, 0.29) is 5.57 Å². The zero-order chi connectivity index (χ0) is 19.0. The molecule has 0 saturated heterocycles. The summed E-state index contributed by atoms with van der Waals surface area (Å²) < 4.78 is 40.4. The SMILES string of the molecule is CN(C)c1ccc(/C=C(\C#N)C(=O)OCC(=O)NCC(F)(F)F)cc1. The van der Waals surface area contributed by atoms with E-state index >= 15 is 0 Å². The third-order valence-electron chi connectivity index (χ3n) is 2.88. The normalized spacial score (nSPS) is 11.4. The summed E-state index contributed by atoms with van der Waals surface area (Å²) in [6, 6.07) is 8.53. The lowest BCUT2D eigenvalue weighted by molar-refractivity contribution is -0.148. The van der Waals surface area contributed by atoms with E-state index in [9.17, 15) is 22.8 Å². The maximum Gasteiger partial charge on any atom is 0.405 e. The summed E-state index contributed by atoms with van der Waals surface area (Å²) in [5, 5.41) is 10.6. The minimum atomic E-state index is -4.56. The first-order chi connectivity index (χ1) is 11.6. The number of halogens is 3. The van der Waals surface area contributed by atoms with Gasteiger partial charge in [-0.05, 0) is 23.8 Å². The number of hydrogen-bond donors (Lipinski definition) is 1. The molecule has 0 saturated carbocycles. The largest absolute Gasteiger partial charge is 0.451 e. The van der Waals surface area contributed by atoms with Crippen molar-refractivity contribution < 1.29 is 27.5 Å². The molecule has 0 bridgehead atoms. The van der Waals surface area contributed by atoms with Crippen LogP contribution in [0.4, 0.5) is 18.9 Å². The lowest BCUT2D eigenvalue weighted by Gasteiger charge is -2.12. The number of carbonyl (C=O) groups excluding carboxylic acids is 2. The molecule has 9 heteroatoms. The lowest BCUT2D eigenvalue weighted by Crippen LogP contribution is -2.36. The topological polar surface area (TPSA) is 82.4 Å². The molecule has 25 heavy (non-hydrogen) atoms. The fourth-order valence-corrected chi connectivity index (χ4v) is 1.63. The van der Waals surface area contributed by atoms with Gasteiger partial charge in [-0.25, -0.2) is 4.79 Å². The van der Waals surface area contributed by atoms with Gasteiger partial charge in [0, 0.05) is 19.8 Å². The Labute approximate surface area is 142 Å². The fraction of sp³-hybridized carbons (Fsp3) is 0.312. The summed E-state index contributed by atoms with van der Waals surface area (Å²) >= 11 is 0. The van der Waals surface area contributed by atoms with Gasteiger partial charge in [-0.2, -0.15) is 18.4 Å². The van der Waals surface area contributed by atoms with Gasteiger partial charge in [-0.3, -0.25) is 4.79 Å². The van der Waals surface area contributed by atoms with Crippen molar-refractivity contribution in [3.8, 4) is 6.07 Å². The number of nitriles is 1. The molecular formula is C16H16F3N3O3. The van der Waals surface area contributed by atoms with Gasteiger partial charge in [-0.15, -0.1) is 0 Å². The second-order valence-electron chi connectivity index (χ2n) is 5.12. The van der Waals surface area contributed by atoms with E-state index in [1.807, 2.05) is 19.0 Å². The molecule has 0 spiro atoms. The van der Waals surface area contributed by atoms with Gasteiger partial charge < -0.3 is 15.0 Å². The Morgan fingerprint density at radius 1 is 1.28 bits per heavy atom. The highest BCUT2D eigenvalue weighted by Crippen LogP contribution is 2.15. The molecule has 6 nitrogen and oxygen atoms in total. The highest BCUT2D eigenvalue weighted by atomic mass is 19.4. The van der Waals surface area contributed by atoms with Crippen molar-refractivity contribution >= 4 is 23.6 Å². The number of ether oxygens (including phenoxy) is 1. The van der Waals surface area contributed by atoms with Crippen molar-refractivity contribution in [2.75, 3.05) is 32.1 Å². The maximum atomic E-state index is 11.9. The molecule has 1 amide bonds. The van der Waals surface area contributed by atoms with Crippen molar-refractivity contribution in [1.82, 2.24) is 5.32 Å². The van der Waals surface area contributed by atoms with Gasteiger partial charge in [0.25, 0.3) is 5.91 Å². The van der Waals surface area contributed by atoms with Crippen LogP contribution in [0.3, 0.4) is 0 Å². The van der Waals surface area contributed by atoms with Crippen LogP contribution in [0.2, 0.25) is 0 Å². The summed E-state index contributed by atoms with van der Waals surface area (Å²) in [5.74, 6) is -2.21.